The van der Waals surface area contributed by atoms with E-state index in [0.717, 1.165) is 18.4 Å². The molecule has 3 amide bonds. The summed E-state index contributed by atoms with van der Waals surface area (Å²) in [5.41, 5.74) is 1.83. The van der Waals surface area contributed by atoms with E-state index in [1.54, 1.807) is 18.0 Å². The highest BCUT2D eigenvalue weighted by Gasteiger charge is 2.31. The van der Waals surface area contributed by atoms with Gasteiger partial charge < -0.3 is 15.1 Å². The predicted octanol–water partition coefficient (Wildman–Crippen LogP) is 3.01. The van der Waals surface area contributed by atoms with E-state index < -0.39 is 0 Å². The van der Waals surface area contributed by atoms with Crippen molar-refractivity contribution in [3.8, 4) is 0 Å². The van der Waals surface area contributed by atoms with Crippen LogP contribution in [0, 0.1) is 12.8 Å². The van der Waals surface area contributed by atoms with E-state index in [9.17, 15) is 14.4 Å². The molecule has 2 heterocycles. The first kappa shape index (κ1) is 20.1. The molecule has 1 fully saturated rings. The maximum Gasteiger partial charge on any atom is 0.263 e. The normalized spacial score (nSPS) is 16.5. The zero-order valence-corrected chi connectivity index (χ0v) is 17.0. The molecule has 1 aromatic carbocycles. The quantitative estimate of drug-likeness (QED) is 0.840. The number of amides is 3. The van der Waals surface area contributed by atoms with E-state index in [2.05, 4.69) is 5.32 Å². The standard InChI is InChI=1S/C21H25N3O3S/c1-15-7-9-17(10-8-15)22-19(25)14-23(2)20(26)16-5-3-11-24(13-16)21(27)18-6-4-12-28-18/h4,6-10,12,16H,3,5,11,13-14H2,1-2H3,(H,22,25)/t16-/m0/s1. The average molecular weight is 400 g/mol. The van der Waals surface area contributed by atoms with Gasteiger partial charge in [-0.15, -0.1) is 11.3 Å². The second-order valence-corrected chi connectivity index (χ2v) is 8.12. The minimum atomic E-state index is -0.269. The molecule has 0 spiro atoms. The summed E-state index contributed by atoms with van der Waals surface area (Å²) in [6.07, 6.45) is 1.52. The van der Waals surface area contributed by atoms with Crippen LogP contribution in [-0.4, -0.2) is 54.2 Å². The molecule has 1 atom stereocenters. The number of anilines is 1. The minimum absolute atomic E-state index is 0.0118. The highest BCUT2D eigenvalue weighted by Crippen LogP contribution is 2.22. The number of benzene rings is 1. The number of carbonyl (C=O) groups excluding carboxylic acids is 3. The van der Waals surface area contributed by atoms with Gasteiger partial charge in [0.15, 0.2) is 0 Å². The molecule has 6 nitrogen and oxygen atoms in total. The molecule has 1 aliphatic rings. The Morgan fingerprint density at radius 1 is 1.21 bits per heavy atom. The molecule has 1 aromatic heterocycles. The Hall–Kier alpha value is -2.67. The first-order valence-corrected chi connectivity index (χ1v) is 10.3. The number of nitrogens with one attached hydrogen (secondary N) is 1. The molecule has 0 saturated carbocycles. The Morgan fingerprint density at radius 3 is 2.64 bits per heavy atom. The van der Waals surface area contributed by atoms with Crippen molar-refractivity contribution >= 4 is 34.7 Å². The lowest BCUT2D eigenvalue weighted by molar-refractivity contribution is -0.138. The molecule has 1 N–H and O–H groups in total. The Bertz CT molecular complexity index is 833. The number of carbonyl (C=O) groups is 3. The summed E-state index contributed by atoms with van der Waals surface area (Å²) in [5.74, 6) is -0.619. The number of likely N-dealkylation sites (N-methyl/N-ethyl adjacent to an activating group) is 1. The first-order valence-electron chi connectivity index (χ1n) is 9.38. The van der Waals surface area contributed by atoms with E-state index in [0.29, 0.717) is 23.7 Å². The van der Waals surface area contributed by atoms with Crippen molar-refractivity contribution < 1.29 is 14.4 Å². The molecule has 148 valence electrons. The summed E-state index contributed by atoms with van der Waals surface area (Å²) in [6.45, 7) is 3.04. The molecule has 1 aliphatic heterocycles. The van der Waals surface area contributed by atoms with Crippen molar-refractivity contribution in [3.05, 3.63) is 52.2 Å². The molecule has 1 saturated heterocycles. The van der Waals surface area contributed by atoms with Gasteiger partial charge in [-0.05, 0) is 43.3 Å². The second-order valence-electron chi connectivity index (χ2n) is 7.18. The van der Waals surface area contributed by atoms with Crippen molar-refractivity contribution in [2.45, 2.75) is 19.8 Å². The maximum absolute atomic E-state index is 12.8. The lowest BCUT2D eigenvalue weighted by Gasteiger charge is -2.33. The number of nitrogens with zero attached hydrogens (tertiary/aromatic N) is 2. The van der Waals surface area contributed by atoms with Crippen LogP contribution >= 0.6 is 11.3 Å². The van der Waals surface area contributed by atoms with Gasteiger partial charge in [-0.2, -0.15) is 0 Å². The zero-order chi connectivity index (χ0) is 20.1. The van der Waals surface area contributed by atoms with Gasteiger partial charge in [0.1, 0.15) is 0 Å². The lowest BCUT2D eigenvalue weighted by atomic mass is 9.96. The van der Waals surface area contributed by atoms with E-state index >= 15 is 0 Å². The summed E-state index contributed by atoms with van der Waals surface area (Å²) < 4.78 is 0. The van der Waals surface area contributed by atoms with Gasteiger partial charge >= 0.3 is 0 Å². The molecule has 3 rings (SSSR count). The Morgan fingerprint density at radius 2 is 1.96 bits per heavy atom. The van der Waals surface area contributed by atoms with Crippen LogP contribution in [0.2, 0.25) is 0 Å². The van der Waals surface area contributed by atoms with Crippen molar-refractivity contribution in [3.63, 3.8) is 0 Å². The van der Waals surface area contributed by atoms with E-state index in [-0.39, 0.29) is 30.2 Å². The number of piperidine rings is 1. The van der Waals surface area contributed by atoms with Crippen molar-refractivity contribution in [1.82, 2.24) is 9.80 Å². The van der Waals surface area contributed by atoms with Gasteiger partial charge in [-0.25, -0.2) is 0 Å². The van der Waals surface area contributed by atoms with Gasteiger partial charge in [-0.3, -0.25) is 14.4 Å². The van der Waals surface area contributed by atoms with Crippen LogP contribution in [-0.2, 0) is 9.59 Å². The largest absolute Gasteiger partial charge is 0.337 e. The van der Waals surface area contributed by atoms with E-state index in [4.69, 9.17) is 0 Å². The first-order chi connectivity index (χ1) is 13.4. The molecule has 0 bridgehead atoms. The number of aryl methyl sites for hydroxylation is 1. The lowest BCUT2D eigenvalue weighted by Crippen LogP contribution is -2.47. The van der Waals surface area contributed by atoms with E-state index in [1.807, 2.05) is 42.6 Å². The van der Waals surface area contributed by atoms with Crippen molar-refractivity contribution in [1.29, 1.82) is 0 Å². The third-order valence-electron chi connectivity index (χ3n) is 4.88. The number of thiophene rings is 1. The fourth-order valence-corrected chi connectivity index (χ4v) is 4.05. The summed E-state index contributed by atoms with van der Waals surface area (Å²) >= 11 is 1.41. The molecule has 0 radical (unpaired) electrons. The summed E-state index contributed by atoms with van der Waals surface area (Å²) in [5, 5.41) is 4.68. The number of hydrogen-bond acceptors (Lipinski definition) is 4. The predicted molar refractivity (Wildman–Crippen MR) is 110 cm³/mol. The monoisotopic (exact) mass is 399 g/mol. The molecule has 28 heavy (non-hydrogen) atoms. The number of rotatable bonds is 5. The van der Waals surface area contributed by atoms with Gasteiger partial charge in [-0.1, -0.05) is 23.8 Å². The Labute approximate surface area is 169 Å². The smallest absolute Gasteiger partial charge is 0.263 e. The zero-order valence-electron chi connectivity index (χ0n) is 16.2. The fraction of sp³-hybridized carbons (Fsp3) is 0.381. The third-order valence-corrected chi connectivity index (χ3v) is 5.74. The number of hydrogen-bond donors (Lipinski definition) is 1. The van der Waals surface area contributed by atoms with Crippen LogP contribution in [0.3, 0.4) is 0 Å². The molecular formula is C21H25N3O3S. The highest BCUT2D eigenvalue weighted by molar-refractivity contribution is 7.12. The molecular weight excluding hydrogens is 374 g/mol. The van der Waals surface area contributed by atoms with Gasteiger partial charge in [0.2, 0.25) is 11.8 Å². The van der Waals surface area contributed by atoms with Crippen LogP contribution in [0.25, 0.3) is 0 Å². The van der Waals surface area contributed by atoms with Crippen molar-refractivity contribution in [2.24, 2.45) is 5.92 Å². The number of likely N-dealkylation sites (tertiary alicyclic amines) is 1. The molecule has 2 aromatic rings. The van der Waals surface area contributed by atoms with Crippen LogP contribution in [0.15, 0.2) is 41.8 Å². The molecule has 0 aliphatic carbocycles. The van der Waals surface area contributed by atoms with Crippen molar-refractivity contribution in [2.75, 3.05) is 32.0 Å². The van der Waals surface area contributed by atoms with Crippen LogP contribution in [0.5, 0.6) is 0 Å². The maximum atomic E-state index is 12.8. The fourth-order valence-electron chi connectivity index (χ4n) is 3.36. The third kappa shape index (κ3) is 4.98. The topological polar surface area (TPSA) is 69.7 Å². The Balaban J connectivity index is 1.54. The summed E-state index contributed by atoms with van der Waals surface area (Å²) in [4.78, 5) is 41.5. The van der Waals surface area contributed by atoms with Gasteiger partial charge in [0.05, 0.1) is 17.3 Å². The minimum Gasteiger partial charge on any atom is -0.337 e. The van der Waals surface area contributed by atoms with Gasteiger partial charge in [0, 0.05) is 25.8 Å². The Kier molecular flexibility index (Phi) is 6.46. The van der Waals surface area contributed by atoms with Gasteiger partial charge in [0.25, 0.3) is 5.91 Å². The summed E-state index contributed by atoms with van der Waals surface area (Å²) in [6, 6.07) is 11.2. The molecule has 0 unspecified atom stereocenters. The van der Waals surface area contributed by atoms with Crippen LogP contribution in [0.4, 0.5) is 5.69 Å². The summed E-state index contributed by atoms with van der Waals surface area (Å²) in [7, 11) is 1.64. The second kappa shape index (κ2) is 9.01. The molecule has 7 heteroatoms. The SMILES string of the molecule is Cc1ccc(NC(=O)CN(C)C(=O)[C@H]2CCCN(C(=O)c3cccs3)C2)cc1. The van der Waals surface area contributed by atoms with E-state index in [1.165, 1.54) is 16.2 Å². The highest BCUT2D eigenvalue weighted by atomic mass is 32.1. The van der Waals surface area contributed by atoms with Crippen LogP contribution < -0.4 is 5.32 Å². The average Bonchev–Trinajstić information content (AvgIpc) is 3.23. The van der Waals surface area contributed by atoms with Crippen LogP contribution in [0.1, 0.15) is 28.1 Å².